The summed E-state index contributed by atoms with van der Waals surface area (Å²) in [5, 5.41) is 2.65. The molecule has 2 N–H and O–H groups in total. The lowest BCUT2D eigenvalue weighted by Crippen LogP contribution is -2.14. The normalized spacial score (nSPS) is 11.0. The highest BCUT2D eigenvalue weighted by Crippen LogP contribution is 2.22. The molecule has 0 aromatic heterocycles. The summed E-state index contributed by atoms with van der Waals surface area (Å²) in [7, 11) is -3.66. The monoisotopic (exact) mass is 430 g/mol. The smallest absolute Gasteiger partial charge is 0.261 e. The van der Waals surface area contributed by atoms with Gasteiger partial charge in [-0.25, -0.2) is 8.42 Å². The van der Waals surface area contributed by atoms with Gasteiger partial charge in [0.2, 0.25) is 5.91 Å². The molecule has 0 spiro atoms. The van der Waals surface area contributed by atoms with Crippen LogP contribution in [-0.4, -0.2) is 14.3 Å². The Kier molecular flexibility index (Phi) is 5.07. The van der Waals surface area contributed by atoms with E-state index in [1.165, 1.54) is 19.1 Å². The van der Waals surface area contributed by atoms with Crippen LogP contribution in [0.5, 0.6) is 0 Å². The van der Waals surface area contributed by atoms with Gasteiger partial charge in [0, 0.05) is 21.9 Å². The molecule has 2 aromatic rings. The van der Waals surface area contributed by atoms with Crippen molar-refractivity contribution < 1.29 is 13.2 Å². The quantitative estimate of drug-likeness (QED) is 0.731. The van der Waals surface area contributed by atoms with Gasteiger partial charge in [0.15, 0.2) is 0 Å². The van der Waals surface area contributed by atoms with Gasteiger partial charge in [-0.15, -0.1) is 0 Å². The summed E-state index contributed by atoms with van der Waals surface area (Å²) in [4.78, 5) is 11.2. The Labute approximate surface area is 143 Å². The number of halogens is 1. The van der Waals surface area contributed by atoms with Gasteiger partial charge >= 0.3 is 0 Å². The zero-order valence-electron chi connectivity index (χ0n) is 12.1. The van der Waals surface area contributed by atoms with E-state index in [1.807, 2.05) is 12.1 Å². The van der Waals surface area contributed by atoms with Gasteiger partial charge < -0.3 is 5.32 Å². The fourth-order valence-corrected chi connectivity index (χ4v) is 3.37. The molecule has 22 heavy (non-hydrogen) atoms. The zero-order chi connectivity index (χ0) is 16.3. The maximum Gasteiger partial charge on any atom is 0.261 e. The van der Waals surface area contributed by atoms with Crippen molar-refractivity contribution in [2.24, 2.45) is 0 Å². The second-order valence-corrected chi connectivity index (χ2v) is 7.70. The number of aryl methyl sites for hydroxylation is 1. The van der Waals surface area contributed by atoms with Crippen LogP contribution in [0.4, 0.5) is 11.4 Å². The number of benzene rings is 2. The number of nitrogens with one attached hydrogen (secondary N) is 2. The molecule has 0 aliphatic rings. The van der Waals surface area contributed by atoms with Crippen molar-refractivity contribution in [1.82, 2.24) is 0 Å². The van der Waals surface area contributed by atoms with Crippen LogP contribution < -0.4 is 10.0 Å². The number of amides is 1. The van der Waals surface area contributed by atoms with Gasteiger partial charge in [0.1, 0.15) is 0 Å². The van der Waals surface area contributed by atoms with Crippen molar-refractivity contribution in [1.29, 1.82) is 0 Å². The van der Waals surface area contributed by atoms with E-state index in [0.717, 1.165) is 3.57 Å². The van der Waals surface area contributed by atoms with E-state index >= 15 is 0 Å². The molecule has 2 aromatic carbocycles. The van der Waals surface area contributed by atoms with Crippen LogP contribution in [-0.2, 0) is 14.8 Å². The maximum atomic E-state index is 12.4. The Bertz CT molecular complexity index is 802. The first-order valence-electron chi connectivity index (χ1n) is 6.44. The molecule has 5 nitrogen and oxygen atoms in total. The van der Waals surface area contributed by atoms with Crippen LogP contribution in [0.25, 0.3) is 0 Å². The number of rotatable bonds is 4. The molecule has 0 heterocycles. The maximum absolute atomic E-state index is 12.4. The minimum atomic E-state index is -3.66. The van der Waals surface area contributed by atoms with Crippen LogP contribution >= 0.6 is 22.6 Å². The first-order chi connectivity index (χ1) is 10.3. The summed E-state index contributed by atoms with van der Waals surface area (Å²) in [5.41, 5.74) is 1.78. The van der Waals surface area contributed by atoms with Crippen LogP contribution in [0.15, 0.2) is 47.4 Å². The highest BCUT2D eigenvalue weighted by Gasteiger charge is 2.15. The van der Waals surface area contributed by atoms with E-state index in [0.29, 0.717) is 16.9 Å². The van der Waals surface area contributed by atoms with Crippen LogP contribution in [0.1, 0.15) is 12.5 Å². The Balaban J connectivity index is 2.27. The second-order valence-electron chi connectivity index (χ2n) is 4.77. The largest absolute Gasteiger partial charge is 0.326 e. The van der Waals surface area contributed by atoms with Gasteiger partial charge in [-0.1, -0.05) is 0 Å². The van der Waals surface area contributed by atoms with Crippen molar-refractivity contribution >= 4 is 49.9 Å². The van der Waals surface area contributed by atoms with Crippen LogP contribution in [0.2, 0.25) is 0 Å². The zero-order valence-corrected chi connectivity index (χ0v) is 15.0. The summed E-state index contributed by atoms with van der Waals surface area (Å²) in [5.74, 6) is -0.198. The standard InChI is InChI=1S/C15H15IN2O3S/c1-10-9-14(7-8-15(10)17-11(2)19)22(20,21)18-13-5-3-12(16)4-6-13/h3-9,18H,1-2H3,(H,17,19). The number of hydrogen-bond donors (Lipinski definition) is 2. The molecule has 7 heteroatoms. The minimum absolute atomic E-state index is 0.151. The van der Waals surface area contributed by atoms with E-state index in [4.69, 9.17) is 0 Å². The number of hydrogen-bond acceptors (Lipinski definition) is 3. The molecule has 1 amide bonds. The van der Waals surface area contributed by atoms with Gasteiger partial charge in [-0.3, -0.25) is 9.52 Å². The highest BCUT2D eigenvalue weighted by atomic mass is 127. The van der Waals surface area contributed by atoms with E-state index in [9.17, 15) is 13.2 Å². The Hall–Kier alpha value is -1.61. The molecule has 0 atom stereocenters. The van der Waals surface area contributed by atoms with Crippen molar-refractivity contribution in [2.45, 2.75) is 18.7 Å². The highest BCUT2D eigenvalue weighted by molar-refractivity contribution is 14.1. The second kappa shape index (κ2) is 6.66. The number of anilines is 2. The molecular formula is C15H15IN2O3S. The molecule has 0 fully saturated rings. The number of carbonyl (C=O) groups is 1. The third-order valence-corrected chi connectivity index (χ3v) is 5.01. The molecular weight excluding hydrogens is 415 g/mol. The minimum Gasteiger partial charge on any atom is -0.326 e. The lowest BCUT2D eigenvalue weighted by atomic mass is 10.2. The lowest BCUT2D eigenvalue weighted by molar-refractivity contribution is -0.114. The molecule has 0 radical (unpaired) electrons. The van der Waals surface area contributed by atoms with E-state index < -0.39 is 10.0 Å². The molecule has 0 saturated carbocycles. The van der Waals surface area contributed by atoms with Crippen molar-refractivity contribution in [3.63, 3.8) is 0 Å². The van der Waals surface area contributed by atoms with Crippen LogP contribution in [0, 0.1) is 10.5 Å². The topological polar surface area (TPSA) is 75.3 Å². The third-order valence-electron chi connectivity index (χ3n) is 2.92. The van der Waals surface area contributed by atoms with E-state index in [1.54, 1.807) is 25.1 Å². The molecule has 0 saturated heterocycles. The summed E-state index contributed by atoms with van der Waals surface area (Å²) < 4.78 is 28.3. The third kappa shape index (κ3) is 4.20. The lowest BCUT2D eigenvalue weighted by Gasteiger charge is -2.11. The van der Waals surface area contributed by atoms with Crippen molar-refractivity contribution in [3.8, 4) is 0 Å². The first kappa shape index (κ1) is 16.8. The Morgan fingerprint density at radius 3 is 2.27 bits per heavy atom. The molecule has 116 valence electrons. The van der Waals surface area contributed by atoms with E-state index in [-0.39, 0.29) is 10.8 Å². The SMILES string of the molecule is CC(=O)Nc1ccc(S(=O)(=O)Nc2ccc(I)cc2)cc1C. The summed E-state index contributed by atoms with van der Waals surface area (Å²) in [6.45, 7) is 3.15. The van der Waals surface area contributed by atoms with Gasteiger partial charge in [-0.05, 0) is 77.5 Å². The number of sulfonamides is 1. The number of carbonyl (C=O) groups excluding carboxylic acids is 1. The predicted molar refractivity (Wildman–Crippen MR) is 95.5 cm³/mol. The van der Waals surface area contributed by atoms with E-state index in [2.05, 4.69) is 32.6 Å². The fourth-order valence-electron chi connectivity index (χ4n) is 1.87. The molecule has 2 rings (SSSR count). The fraction of sp³-hybridized carbons (Fsp3) is 0.133. The van der Waals surface area contributed by atoms with Gasteiger partial charge in [-0.2, -0.15) is 0 Å². The molecule has 0 aliphatic heterocycles. The molecule has 0 bridgehead atoms. The van der Waals surface area contributed by atoms with Gasteiger partial charge in [0.05, 0.1) is 4.90 Å². The predicted octanol–water partition coefficient (Wildman–Crippen LogP) is 3.36. The molecule has 0 aliphatic carbocycles. The van der Waals surface area contributed by atoms with Gasteiger partial charge in [0.25, 0.3) is 10.0 Å². The van der Waals surface area contributed by atoms with Crippen molar-refractivity contribution in [2.75, 3.05) is 10.0 Å². The van der Waals surface area contributed by atoms with Crippen LogP contribution in [0.3, 0.4) is 0 Å². The Morgan fingerprint density at radius 1 is 1.09 bits per heavy atom. The summed E-state index contributed by atoms with van der Waals surface area (Å²) >= 11 is 2.15. The average Bonchev–Trinajstić information content (AvgIpc) is 2.43. The Morgan fingerprint density at radius 2 is 1.73 bits per heavy atom. The summed E-state index contributed by atoms with van der Waals surface area (Å²) in [6.07, 6.45) is 0. The molecule has 0 unspecified atom stereocenters. The average molecular weight is 430 g/mol. The summed E-state index contributed by atoms with van der Waals surface area (Å²) in [6, 6.07) is 11.6. The van der Waals surface area contributed by atoms with Crippen molar-refractivity contribution in [3.05, 3.63) is 51.6 Å². The first-order valence-corrected chi connectivity index (χ1v) is 9.01.